The van der Waals surface area contributed by atoms with Crippen molar-refractivity contribution in [3.63, 3.8) is 0 Å². The van der Waals surface area contributed by atoms with Crippen LogP contribution in [0.25, 0.3) is 0 Å². The Morgan fingerprint density at radius 3 is 2.24 bits per heavy atom. The number of benzene rings is 2. The van der Waals surface area contributed by atoms with E-state index in [4.69, 9.17) is 4.74 Å². The van der Waals surface area contributed by atoms with Crippen LogP contribution in [0, 0.1) is 6.92 Å². The fourth-order valence-corrected chi connectivity index (χ4v) is 3.27. The van der Waals surface area contributed by atoms with E-state index in [0.717, 1.165) is 48.2 Å². The highest BCUT2D eigenvalue weighted by atomic mass is 19.4. The van der Waals surface area contributed by atoms with Gasteiger partial charge in [0, 0.05) is 6.20 Å². The fourth-order valence-electron chi connectivity index (χ4n) is 3.27. The zero-order valence-electron chi connectivity index (χ0n) is 17.9. The van der Waals surface area contributed by atoms with E-state index >= 15 is 0 Å². The number of ether oxygens (including phenoxy) is 1. The minimum Gasteiger partial charge on any atom is -0.495 e. The number of halogens is 6. The van der Waals surface area contributed by atoms with Gasteiger partial charge in [0.2, 0.25) is 0 Å². The number of aryl methyl sites for hydroxylation is 1. The predicted octanol–water partition coefficient (Wildman–Crippen LogP) is 6.35. The molecule has 34 heavy (non-hydrogen) atoms. The van der Waals surface area contributed by atoms with Crippen molar-refractivity contribution in [1.82, 2.24) is 10.3 Å². The molecule has 0 fully saturated rings. The lowest BCUT2D eigenvalue weighted by atomic mass is 9.98. The van der Waals surface area contributed by atoms with Crippen LogP contribution in [-0.4, -0.2) is 18.1 Å². The third kappa shape index (κ3) is 5.77. The number of alkyl halides is 6. The van der Waals surface area contributed by atoms with Crippen LogP contribution >= 0.6 is 0 Å². The van der Waals surface area contributed by atoms with Crippen LogP contribution in [0.1, 0.15) is 34.0 Å². The molecule has 0 saturated carbocycles. The maximum atomic E-state index is 13.6. The van der Waals surface area contributed by atoms with Crippen LogP contribution < -0.4 is 15.4 Å². The number of hydrogen-bond donors (Lipinski definition) is 2. The lowest BCUT2D eigenvalue weighted by Crippen LogP contribution is -2.35. The summed E-state index contributed by atoms with van der Waals surface area (Å²) in [4.78, 5) is 16.6. The maximum absolute atomic E-state index is 13.6. The van der Waals surface area contributed by atoms with E-state index in [1.165, 1.54) is 7.11 Å². The van der Waals surface area contributed by atoms with E-state index in [9.17, 15) is 31.1 Å². The van der Waals surface area contributed by atoms with Crippen LogP contribution in [0.2, 0.25) is 0 Å². The number of carbonyl (C=O) groups is 1. The highest BCUT2D eigenvalue weighted by molar-refractivity contribution is 5.91. The first-order valence-electron chi connectivity index (χ1n) is 9.81. The lowest BCUT2D eigenvalue weighted by molar-refractivity contribution is -0.139. The first-order valence-corrected chi connectivity index (χ1v) is 9.81. The average Bonchev–Trinajstić information content (AvgIpc) is 2.76. The van der Waals surface area contributed by atoms with E-state index < -0.39 is 41.2 Å². The average molecular weight is 483 g/mol. The molecule has 0 aliphatic heterocycles. The Balaban J connectivity index is 2.01. The molecule has 0 saturated heterocycles. The minimum atomic E-state index is -4.81. The van der Waals surface area contributed by atoms with E-state index in [1.54, 1.807) is 25.1 Å². The second kappa shape index (κ2) is 9.62. The molecule has 2 aromatic carbocycles. The van der Waals surface area contributed by atoms with Crippen molar-refractivity contribution in [1.29, 1.82) is 0 Å². The number of pyridine rings is 1. The molecule has 3 aromatic rings. The van der Waals surface area contributed by atoms with E-state index in [-0.39, 0.29) is 11.3 Å². The van der Waals surface area contributed by atoms with Crippen LogP contribution in [0.4, 0.5) is 36.8 Å². The third-order valence-electron chi connectivity index (χ3n) is 4.87. The topological polar surface area (TPSA) is 63.2 Å². The Labute approximate surface area is 190 Å². The minimum absolute atomic E-state index is 0.0245. The van der Waals surface area contributed by atoms with E-state index in [1.807, 2.05) is 0 Å². The number of nitrogens with zero attached hydrogens (tertiary/aromatic N) is 1. The quantitative estimate of drug-likeness (QED) is 0.416. The molecule has 2 N–H and O–H groups in total. The number of nitrogens with one attached hydrogen (secondary N) is 2. The Morgan fingerprint density at radius 2 is 1.65 bits per heavy atom. The summed E-state index contributed by atoms with van der Waals surface area (Å²) in [7, 11) is 1.38. The largest absolute Gasteiger partial charge is 0.495 e. The number of hydrogen-bond acceptors (Lipinski definition) is 3. The smallest absolute Gasteiger partial charge is 0.418 e. The summed E-state index contributed by atoms with van der Waals surface area (Å²) < 4.78 is 85.0. The van der Waals surface area contributed by atoms with Crippen LogP contribution in [-0.2, 0) is 12.4 Å². The molecule has 11 heteroatoms. The SMILES string of the molecule is COc1ccc(C)cc1NC(=O)N[C@@H](c1ccc(C(F)(F)F)cc1)c1ncccc1C(F)(F)F. The molecule has 1 atom stereocenters. The van der Waals surface area contributed by atoms with Crippen molar-refractivity contribution >= 4 is 11.7 Å². The summed E-state index contributed by atoms with van der Waals surface area (Å²) in [5, 5.41) is 4.89. The van der Waals surface area contributed by atoms with Crippen molar-refractivity contribution in [2.75, 3.05) is 12.4 Å². The molecule has 3 rings (SSSR count). The molecular weight excluding hydrogens is 464 g/mol. The summed E-state index contributed by atoms with van der Waals surface area (Å²) in [6, 6.07) is 7.80. The molecular formula is C23H19F6N3O2. The second-order valence-electron chi connectivity index (χ2n) is 7.29. The van der Waals surface area contributed by atoms with Gasteiger partial charge in [0.1, 0.15) is 5.75 Å². The number of anilines is 1. The maximum Gasteiger partial charge on any atom is 0.418 e. The van der Waals surface area contributed by atoms with Gasteiger partial charge in [-0.2, -0.15) is 26.3 Å². The van der Waals surface area contributed by atoms with Gasteiger partial charge in [-0.25, -0.2) is 4.79 Å². The molecule has 1 aromatic heterocycles. The van der Waals surface area contributed by atoms with Gasteiger partial charge < -0.3 is 15.4 Å². The predicted molar refractivity (Wildman–Crippen MR) is 112 cm³/mol. The molecule has 0 radical (unpaired) electrons. The van der Waals surface area contributed by atoms with Crippen LogP contribution in [0.5, 0.6) is 5.75 Å². The normalized spacial score (nSPS) is 12.7. The molecule has 5 nitrogen and oxygen atoms in total. The summed E-state index contributed by atoms with van der Waals surface area (Å²) in [5.74, 6) is 0.306. The highest BCUT2D eigenvalue weighted by Crippen LogP contribution is 2.36. The van der Waals surface area contributed by atoms with Gasteiger partial charge in [-0.05, 0) is 54.4 Å². The van der Waals surface area contributed by atoms with E-state index in [0.29, 0.717) is 5.75 Å². The van der Waals surface area contributed by atoms with Crippen molar-refractivity contribution in [2.24, 2.45) is 0 Å². The molecule has 0 aliphatic rings. The standard InChI is InChI=1S/C23H19F6N3O2/c1-13-5-10-18(34-2)17(12-13)31-21(33)32-19(14-6-8-15(9-7-14)22(24,25)26)20-16(23(27,28)29)4-3-11-30-20/h3-12,19H,1-2H3,(H2,31,32,33)/t19-/m0/s1. The van der Waals surface area contributed by atoms with Gasteiger partial charge in [-0.1, -0.05) is 18.2 Å². The van der Waals surface area contributed by atoms with Gasteiger partial charge in [0.15, 0.2) is 0 Å². The van der Waals surface area contributed by atoms with Crippen molar-refractivity contribution in [3.8, 4) is 5.75 Å². The van der Waals surface area contributed by atoms with Crippen molar-refractivity contribution in [3.05, 3.63) is 88.7 Å². The summed E-state index contributed by atoms with van der Waals surface area (Å²) in [6.07, 6.45) is -8.35. The molecule has 0 spiro atoms. The molecule has 180 valence electrons. The Bertz CT molecular complexity index is 1160. The van der Waals surface area contributed by atoms with Crippen molar-refractivity contribution < 1.29 is 35.9 Å². The number of carbonyl (C=O) groups excluding carboxylic acids is 1. The first-order chi connectivity index (χ1) is 15.9. The summed E-state index contributed by atoms with van der Waals surface area (Å²) in [5.41, 5.74) is -1.68. The summed E-state index contributed by atoms with van der Waals surface area (Å²) in [6.45, 7) is 1.76. The first kappa shape index (κ1) is 24.9. The summed E-state index contributed by atoms with van der Waals surface area (Å²) >= 11 is 0. The third-order valence-corrected chi connectivity index (χ3v) is 4.87. The molecule has 1 heterocycles. The highest BCUT2D eigenvalue weighted by Gasteiger charge is 2.37. The fraction of sp³-hybridized carbons (Fsp3) is 0.217. The monoisotopic (exact) mass is 483 g/mol. The Morgan fingerprint density at radius 1 is 0.971 bits per heavy atom. The number of amides is 2. The Hall–Kier alpha value is -3.76. The van der Waals surface area contributed by atoms with Crippen LogP contribution in [0.15, 0.2) is 60.8 Å². The zero-order chi connectivity index (χ0) is 25.1. The van der Waals surface area contributed by atoms with Gasteiger partial charge in [-0.15, -0.1) is 0 Å². The molecule has 0 aliphatic carbocycles. The van der Waals surface area contributed by atoms with Gasteiger partial charge in [0.25, 0.3) is 0 Å². The molecule has 0 bridgehead atoms. The number of aromatic nitrogens is 1. The molecule has 2 amide bonds. The second-order valence-corrected chi connectivity index (χ2v) is 7.29. The number of rotatable bonds is 5. The lowest BCUT2D eigenvalue weighted by Gasteiger charge is -2.23. The Kier molecular flexibility index (Phi) is 7.04. The van der Waals surface area contributed by atoms with Gasteiger partial charge in [-0.3, -0.25) is 4.98 Å². The van der Waals surface area contributed by atoms with Gasteiger partial charge in [0.05, 0.1) is 35.7 Å². The molecule has 0 unspecified atom stereocenters. The van der Waals surface area contributed by atoms with Crippen molar-refractivity contribution in [2.45, 2.75) is 25.3 Å². The van der Waals surface area contributed by atoms with E-state index in [2.05, 4.69) is 15.6 Å². The van der Waals surface area contributed by atoms with Gasteiger partial charge >= 0.3 is 18.4 Å². The van der Waals surface area contributed by atoms with Crippen LogP contribution in [0.3, 0.4) is 0 Å². The number of urea groups is 1. The zero-order valence-corrected chi connectivity index (χ0v) is 17.9. The number of methoxy groups -OCH3 is 1.